The second-order valence-electron chi connectivity index (χ2n) is 5.39. The lowest BCUT2D eigenvalue weighted by molar-refractivity contribution is -0.138. The topological polar surface area (TPSA) is 55.8 Å². The minimum atomic E-state index is -0.692. The Morgan fingerprint density at radius 3 is 2.68 bits per heavy atom. The molecule has 0 saturated heterocycles. The van der Waals surface area contributed by atoms with Crippen LogP contribution in [0.2, 0.25) is 0 Å². The van der Waals surface area contributed by atoms with Crippen LogP contribution in [0, 0.1) is 5.92 Å². The largest absolute Gasteiger partial charge is 0.490 e. The number of carboxylic acids is 1. The van der Waals surface area contributed by atoms with Crippen LogP contribution in [0.25, 0.3) is 0 Å². The molecule has 1 heterocycles. The van der Waals surface area contributed by atoms with Crippen molar-refractivity contribution in [3.8, 4) is 11.5 Å². The third-order valence-corrected chi connectivity index (χ3v) is 3.94. The van der Waals surface area contributed by atoms with Crippen LogP contribution in [0.4, 0.5) is 0 Å². The molecule has 1 aromatic rings. The van der Waals surface area contributed by atoms with Gasteiger partial charge in [-0.1, -0.05) is 6.07 Å². The van der Waals surface area contributed by atoms with Gasteiger partial charge in [-0.15, -0.1) is 0 Å². The van der Waals surface area contributed by atoms with E-state index < -0.39 is 5.97 Å². The van der Waals surface area contributed by atoms with Crippen molar-refractivity contribution in [2.45, 2.75) is 31.6 Å². The SMILES string of the molecule is O=C(O)CC1CC(c2ccc3c(c2)OCCCO3)C1. The zero-order valence-electron chi connectivity index (χ0n) is 10.8. The summed E-state index contributed by atoms with van der Waals surface area (Å²) in [7, 11) is 0. The van der Waals surface area contributed by atoms with Gasteiger partial charge in [-0.3, -0.25) is 4.79 Å². The molecular formula is C15H18O4. The first-order chi connectivity index (χ1) is 9.22. The molecule has 1 aliphatic carbocycles. The van der Waals surface area contributed by atoms with Gasteiger partial charge < -0.3 is 14.6 Å². The van der Waals surface area contributed by atoms with Crippen molar-refractivity contribution in [3.63, 3.8) is 0 Å². The maximum atomic E-state index is 10.6. The lowest BCUT2D eigenvalue weighted by Gasteiger charge is -2.35. The Balaban J connectivity index is 1.67. The van der Waals surface area contributed by atoms with E-state index in [9.17, 15) is 4.79 Å². The Morgan fingerprint density at radius 2 is 1.95 bits per heavy atom. The summed E-state index contributed by atoms with van der Waals surface area (Å²) >= 11 is 0. The Hall–Kier alpha value is -1.71. The third kappa shape index (κ3) is 2.67. The summed E-state index contributed by atoms with van der Waals surface area (Å²) in [5.74, 6) is 1.77. The summed E-state index contributed by atoms with van der Waals surface area (Å²) in [6.07, 6.45) is 3.13. The van der Waals surface area contributed by atoms with Crippen LogP contribution in [0.15, 0.2) is 18.2 Å². The molecule has 1 aromatic carbocycles. The fourth-order valence-corrected chi connectivity index (χ4v) is 2.86. The van der Waals surface area contributed by atoms with E-state index in [1.165, 1.54) is 5.56 Å². The number of hydrogen-bond donors (Lipinski definition) is 1. The number of aliphatic carboxylic acids is 1. The van der Waals surface area contributed by atoms with Gasteiger partial charge >= 0.3 is 5.97 Å². The van der Waals surface area contributed by atoms with Crippen LogP contribution < -0.4 is 9.47 Å². The van der Waals surface area contributed by atoms with Crippen LogP contribution in [-0.4, -0.2) is 24.3 Å². The van der Waals surface area contributed by atoms with Gasteiger partial charge in [0.1, 0.15) is 0 Å². The van der Waals surface area contributed by atoms with E-state index in [4.69, 9.17) is 14.6 Å². The Bertz CT molecular complexity index is 477. The van der Waals surface area contributed by atoms with E-state index in [0.29, 0.717) is 31.5 Å². The first-order valence-corrected chi connectivity index (χ1v) is 6.83. The van der Waals surface area contributed by atoms with Crippen LogP contribution in [0.3, 0.4) is 0 Å². The summed E-state index contributed by atoms with van der Waals surface area (Å²) in [6, 6.07) is 6.11. The first kappa shape index (κ1) is 12.3. The standard InChI is InChI=1S/C15H18O4/c16-15(17)8-10-6-12(7-10)11-2-3-13-14(9-11)19-5-1-4-18-13/h2-3,9-10,12H,1,4-8H2,(H,16,17). The molecule has 0 unspecified atom stereocenters. The summed E-state index contributed by atoms with van der Waals surface area (Å²) in [4.78, 5) is 10.6. The highest BCUT2D eigenvalue weighted by atomic mass is 16.5. The van der Waals surface area contributed by atoms with E-state index in [2.05, 4.69) is 12.1 Å². The molecule has 0 amide bonds. The van der Waals surface area contributed by atoms with Gasteiger partial charge in [-0.2, -0.15) is 0 Å². The van der Waals surface area contributed by atoms with Gasteiger partial charge in [-0.05, 0) is 42.4 Å². The van der Waals surface area contributed by atoms with E-state index >= 15 is 0 Å². The van der Waals surface area contributed by atoms with Crippen molar-refractivity contribution < 1.29 is 19.4 Å². The molecular weight excluding hydrogens is 244 g/mol. The smallest absolute Gasteiger partial charge is 0.303 e. The highest BCUT2D eigenvalue weighted by molar-refractivity contribution is 5.67. The third-order valence-electron chi connectivity index (χ3n) is 3.94. The van der Waals surface area contributed by atoms with Crippen molar-refractivity contribution in [1.29, 1.82) is 0 Å². The highest BCUT2D eigenvalue weighted by Crippen LogP contribution is 2.45. The molecule has 4 heteroatoms. The summed E-state index contributed by atoms with van der Waals surface area (Å²) in [5.41, 5.74) is 1.24. The van der Waals surface area contributed by atoms with Crippen molar-refractivity contribution in [2.75, 3.05) is 13.2 Å². The number of benzene rings is 1. The molecule has 1 aliphatic heterocycles. The van der Waals surface area contributed by atoms with Crippen molar-refractivity contribution in [2.24, 2.45) is 5.92 Å². The molecule has 0 aromatic heterocycles. The number of carbonyl (C=O) groups is 1. The molecule has 0 atom stereocenters. The predicted octanol–water partition coefficient (Wildman–Crippen LogP) is 2.82. The molecule has 102 valence electrons. The number of rotatable bonds is 3. The molecule has 2 aliphatic rings. The quantitative estimate of drug-likeness (QED) is 0.910. The van der Waals surface area contributed by atoms with E-state index in [0.717, 1.165) is 30.8 Å². The molecule has 3 rings (SSSR count). The second kappa shape index (κ2) is 5.11. The number of hydrogen-bond acceptors (Lipinski definition) is 3. The second-order valence-corrected chi connectivity index (χ2v) is 5.39. The first-order valence-electron chi connectivity index (χ1n) is 6.83. The van der Waals surface area contributed by atoms with Crippen molar-refractivity contribution in [3.05, 3.63) is 23.8 Å². The average Bonchev–Trinajstić information content (AvgIpc) is 2.57. The Morgan fingerprint density at radius 1 is 1.21 bits per heavy atom. The van der Waals surface area contributed by atoms with Crippen molar-refractivity contribution >= 4 is 5.97 Å². The molecule has 0 radical (unpaired) electrons. The van der Waals surface area contributed by atoms with Crippen LogP contribution >= 0.6 is 0 Å². The van der Waals surface area contributed by atoms with E-state index in [1.807, 2.05) is 6.07 Å². The minimum Gasteiger partial charge on any atom is -0.490 e. The van der Waals surface area contributed by atoms with Gasteiger partial charge in [0, 0.05) is 12.8 Å². The molecule has 1 fully saturated rings. The molecule has 1 saturated carbocycles. The molecule has 19 heavy (non-hydrogen) atoms. The predicted molar refractivity (Wildman–Crippen MR) is 69.8 cm³/mol. The maximum Gasteiger partial charge on any atom is 0.303 e. The minimum absolute atomic E-state index is 0.293. The van der Waals surface area contributed by atoms with Gasteiger partial charge in [0.05, 0.1) is 13.2 Å². The molecule has 1 N–H and O–H groups in total. The van der Waals surface area contributed by atoms with Crippen LogP contribution in [0.1, 0.15) is 37.2 Å². The molecule has 0 spiro atoms. The van der Waals surface area contributed by atoms with E-state index in [1.54, 1.807) is 0 Å². The van der Waals surface area contributed by atoms with Crippen LogP contribution in [-0.2, 0) is 4.79 Å². The van der Waals surface area contributed by atoms with Gasteiger partial charge in [0.15, 0.2) is 11.5 Å². The van der Waals surface area contributed by atoms with Gasteiger partial charge in [0.25, 0.3) is 0 Å². The number of fused-ring (bicyclic) bond motifs is 1. The fourth-order valence-electron chi connectivity index (χ4n) is 2.86. The lowest BCUT2D eigenvalue weighted by Crippen LogP contribution is -2.24. The summed E-state index contributed by atoms with van der Waals surface area (Å²) < 4.78 is 11.3. The Labute approximate surface area is 112 Å². The van der Waals surface area contributed by atoms with Crippen LogP contribution in [0.5, 0.6) is 11.5 Å². The lowest BCUT2D eigenvalue weighted by atomic mass is 9.70. The summed E-state index contributed by atoms with van der Waals surface area (Å²) in [6.45, 7) is 1.40. The monoisotopic (exact) mass is 262 g/mol. The molecule has 4 nitrogen and oxygen atoms in total. The summed E-state index contributed by atoms with van der Waals surface area (Å²) in [5, 5.41) is 8.76. The highest BCUT2D eigenvalue weighted by Gasteiger charge is 2.32. The normalized spacial score (nSPS) is 25.3. The average molecular weight is 262 g/mol. The van der Waals surface area contributed by atoms with Gasteiger partial charge in [-0.25, -0.2) is 0 Å². The molecule has 0 bridgehead atoms. The number of carboxylic acid groups (broad SMARTS) is 1. The van der Waals surface area contributed by atoms with E-state index in [-0.39, 0.29) is 0 Å². The Kier molecular flexibility index (Phi) is 3.32. The zero-order chi connectivity index (χ0) is 13.2. The number of ether oxygens (including phenoxy) is 2. The zero-order valence-corrected chi connectivity index (χ0v) is 10.8. The maximum absolute atomic E-state index is 10.6. The van der Waals surface area contributed by atoms with Gasteiger partial charge in [0.2, 0.25) is 0 Å². The van der Waals surface area contributed by atoms with Crippen molar-refractivity contribution in [1.82, 2.24) is 0 Å². The fraction of sp³-hybridized carbons (Fsp3) is 0.533.